The van der Waals surface area contributed by atoms with Crippen molar-refractivity contribution in [2.24, 2.45) is 46.3 Å². The molecule has 0 aliphatic heterocycles. The van der Waals surface area contributed by atoms with E-state index in [-0.39, 0.29) is 44.9 Å². The summed E-state index contributed by atoms with van der Waals surface area (Å²) >= 11 is 0. The molecule has 4 rings (SSSR count). The van der Waals surface area contributed by atoms with Crippen LogP contribution >= 0.6 is 0 Å². The van der Waals surface area contributed by atoms with Gasteiger partial charge in [-0.2, -0.15) is 65.9 Å². The van der Waals surface area contributed by atoms with E-state index in [9.17, 15) is 85.0 Å². The third kappa shape index (κ3) is 9.25. The minimum atomic E-state index is -5.97. The maximum Gasteiger partial charge on any atom is 0.490 e. The number of halogens is 15. The second-order valence-corrected chi connectivity index (χ2v) is 15.6. The number of hydrogen-bond acceptors (Lipinski definition) is 8. The van der Waals surface area contributed by atoms with Gasteiger partial charge in [0.1, 0.15) is 18.3 Å². The molecule has 0 saturated heterocycles. The summed E-state index contributed by atoms with van der Waals surface area (Å²) in [4.78, 5) is 48.6. The Labute approximate surface area is 308 Å². The smallest absolute Gasteiger partial charge is 0.456 e. The van der Waals surface area contributed by atoms with Gasteiger partial charge in [-0.3, -0.25) is 4.79 Å². The van der Waals surface area contributed by atoms with Crippen molar-refractivity contribution in [3.05, 3.63) is 0 Å². The fourth-order valence-corrected chi connectivity index (χ4v) is 10.2. The molecule has 0 aromatic carbocycles. The lowest BCUT2D eigenvalue weighted by atomic mass is 9.43. The summed E-state index contributed by atoms with van der Waals surface area (Å²) in [7, 11) is 0. The molecule has 56 heavy (non-hydrogen) atoms. The molecule has 23 heteroatoms. The summed E-state index contributed by atoms with van der Waals surface area (Å²) in [6.45, 7) is 4.65. The fourth-order valence-electron chi connectivity index (χ4n) is 10.2. The average Bonchev–Trinajstić information content (AvgIpc) is 3.39. The SMILES string of the molecule is C[C@H](CCC(=O)OC(C(F)(F)F)C(F)(F)F)[C@H]1CC[C@H]2[C@@H]3[C@@H](OC(=O)C(F)(F)F)[C@@H](OC(=O)C(F)(F)F)[C@@H]4C[C@H](OC(=O)C(F)(F)F)CC[C@]4(C)[C@H]3CC[C@]12C. The summed E-state index contributed by atoms with van der Waals surface area (Å²) in [5.41, 5.74) is -2.33. The van der Waals surface area contributed by atoms with Crippen LogP contribution in [-0.4, -0.2) is 79.2 Å². The Morgan fingerprint density at radius 2 is 1.07 bits per heavy atom. The Morgan fingerprint density at radius 3 is 1.57 bits per heavy atom. The minimum absolute atomic E-state index is 0.0573. The molecule has 4 fully saturated rings. The van der Waals surface area contributed by atoms with E-state index >= 15 is 0 Å². The highest BCUT2D eigenvalue weighted by Crippen LogP contribution is 2.69. The number of carbonyl (C=O) groups excluding carboxylic acids is 4. The van der Waals surface area contributed by atoms with Crippen LogP contribution < -0.4 is 0 Å². The van der Waals surface area contributed by atoms with E-state index in [0.717, 1.165) is 0 Å². The minimum Gasteiger partial charge on any atom is -0.456 e. The Morgan fingerprint density at radius 1 is 0.607 bits per heavy atom. The summed E-state index contributed by atoms with van der Waals surface area (Å²) in [5.74, 6) is -16.0. The molecule has 0 radical (unpaired) electrons. The van der Waals surface area contributed by atoms with E-state index in [1.165, 1.54) is 13.8 Å². The summed E-state index contributed by atoms with van der Waals surface area (Å²) in [5, 5.41) is 0. The standard InChI is InChI=1S/C33H37F15O8/c1-13(4-7-19(49)54-23(29(34,35)36)30(37,38)39)15-5-6-16-20-17(9-11-27(15,16)2)28(3)10-8-14(53-24(50)31(40,41)42)12-18(28)21(55-25(51)32(43,44)45)22(20)56-26(52)33(46,47)48/h13-18,20-23H,4-12H2,1-3H3/t13-,14-,15-,16+,17+,18+,20+,21+,22-,27-,28-/m1/s1. The van der Waals surface area contributed by atoms with Gasteiger partial charge in [0.15, 0.2) is 0 Å². The second kappa shape index (κ2) is 15.2. The van der Waals surface area contributed by atoms with Crippen molar-refractivity contribution in [1.82, 2.24) is 0 Å². The van der Waals surface area contributed by atoms with Gasteiger partial charge in [-0.05, 0) is 85.9 Å². The third-order valence-electron chi connectivity index (χ3n) is 12.5. The van der Waals surface area contributed by atoms with Crippen LogP contribution in [0.3, 0.4) is 0 Å². The molecule has 8 nitrogen and oxygen atoms in total. The first kappa shape index (κ1) is 45.5. The van der Waals surface area contributed by atoms with Crippen molar-refractivity contribution in [2.45, 2.75) is 134 Å². The zero-order chi connectivity index (χ0) is 42.8. The van der Waals surface area contributed by atoms with Gasteiger partial charge >= 0.3 is 54.8 Å². The second-order valence-electron chi connectivity index (χ2n) is 15.6. The van der Waals surface area contributed by atoms with Gasteiger partial charge in [-0.15, -0.1) is 0 Å². The third-order valence-corrected chi connectivity index (χ3v) is 12.5. The van der Waals surface area contributed by atoms with E-state index in [1.54, 1.807) is 6.92 Å². The van der Waals surface area contributed by atoms with Gasteiger partial charge in [0.2, 0.25) is 0 Å². The van der Waals surface area contributed by atoms with Crippen LogP contribution in [0.2, 0.25) is 0 Å². The molecule has 0 heterocycles. The van der Waals surface area contributed by atoms with Crippen LogP contribution in [0.1, 0.15) is 78.6 Å². The number of carbonyl (C=O) groups is 4. The monoisotopic (exact) mass is 846 g/mol. The quantitative estimate of drug-likeness (QED) is 0.136. The topological polar surface area (TPSA) is 105 Å². The lowest BCUT2D eigenvalue weighted by Crippen LogP contribution is -2.66. The van der Waals surface area contributed by atoms with Crippen molar-refractivity contribution >= 4 is 23.9 Å². The summed E-state index contributed by atoms with van der Waals surface area (Å²) in [6.07, 6.45) is -41.5. The molecule has 322 valence electrons. The van der Waals surface area contributed by atoms with Crippen molar-refractivity contribution in [3.8, 4) is 0 Å². The predicted molar refractivity (Wildman–Crippen MR) is 154 cm³/mol. The number of esters is 4. The zero-order valence-corrected chi connectivity index (χ0v) is 29.6. The maximum atomic E-state index is 13.7. The molecule has 0 N–H and O–H groups in total. The van der Waals surface area contributed by atoms with E-state index in [1.807, 2.05) is 0 Å². The Kier molecular flexibility index (Phi) is 12.4. The normalized spacial score (nSPS) is 34.4. The first-order chi connectivity index (χ1) is 25.2. The summed E-state index contributed by atoms with van der Waals surface area (Å²) in [6, 6.07) is 0. The van der Waals surface area contributed by atoms with Gasteiger partial charge < -0.3 is 18.9 Å². The Balaban J connectivity index is 1.70. The van der Waals surface area contributed by atoms with E-state index < -0.39 is 138 Å². The summed E-state index contributed by atoms with van der Waals surface area (Å²) < 4.78 is 217. The maximum absolute atomic E-state index is 13.7. The highest BCUT2D eigenvalue weighted by atomic mass is 19.4. The number of fused-ring (bicyclic) bond motifs is 5. The molecule has 4 aliphatic carbocycles. The lowest BCUT2D eigenvalue weighted by molar-refractivity contribution is -0.313. The van der Waals surface area contributed by atoms with Crippen molar-refractivity contribution in [2.75, 3.05) is 0 Å². The number of hydrogen-bond donors (Lipinski definition) is 0. The molecule has 11 atom stereocenters. The van der Waals surface area contributed by atoms with E-state index in [0.29, 0.717) is 0 Å². The average molecular weight is 847 g/mol. The van der Waals surface area contributed by atoms with Gasteiger partial charge in [0.05, 0.1) is 0 Å². The van der Waals surface area contributed by atoms with E-state index in [4.69, 9.17) is 9.47 Å². The molecular formula is C33H37F15O8. The highest BCUT2D eigenvalue weighted by molar-refractivity contribution is 5.77. The lowest BCUT2D eigenvalue weighted by Gasteiger charge is -2.64. The predicted octanol–water partition coefficient (Wildman–Crippen LogP) is 8.74. The first-order valence-corrected chi connectivity index (χ1v) is 17.4. The number of rotatable bonds is 8. The van der Waals surface area contributed by atoms with E-state index in [2.05, 4.69) is 9.47 Å². The van der Waals surface area contributed by atoms with Crippen molar-refractivity contribution in [3.63, 3.8) is 0 Å². The van der Waals surface area contributed by atoms with Gasteiger partial charge in [-0.1, -0.05) is 20.8 Å². The number of ether oxygens (including phenoxy) is 4. The molecule has 0 aromatic heterocycles. The Hall–Kier alpha value is -3.17. The van der Waals surface area contributed by atoms with Crippen LogP contribution in [0.4, 0.5) is 65.9 Å². The largest absolute Gasteiger partial charge is 0.490 e. The van der Waals surface area contributed by atoms with Crippen molar-refractivity contribution < 1.29 is 104 Å². The molecule has 0 bridgehead atoms. The van der Waals surface area contributed by atoms with Crippen LogP contribution in [-0.2, 0) is 38.1 Å². The molecular weight excluding hydrogens is 809 g/mol. The van der Waals surface area contributed by atoms with Crippen LogP contribution in [0, 0.1) is 46.3 Å². The van der Waals surface area contributed by atoms with Gasteiger partial charge in [-0.25, -0.2) is 14.4 Å². The van der Waals surface area contributed by atoms with Gasteiger partial charge in [0.25, 0.3) is 6.10 Å². The highest BCUT2D eigenvalue weighted by Gasteiger charge is 2.69. The fraction of sp³-hybridized carbons (Fsp3) is 0.879. The molecule has 4 aliphatic rings. The van der Waals surface area contributed by atoms with Crippen molar-refractivity contribution in [1.29, 1.82) is 0 Å². The molecule has 0 amide bonds. The van der Waals surface area contributed by atoms with Crippen LogP contribution in [0.5, 0.6) is 0 Å². The Bertz CT molecular complexity index is 1470. The van der Waals surface area contributed by atoms with Gasteiger partial charge in [0, 0.05) is 18.3 Å². The molecule has 0 spiro atoms. The molecule has 4 saturated carbocycles. The van der Waals surface area contributed by atoms with Crippen LogP contribution in [0.15, 0.2) is 0 Å². The zero-order valence-electron chi connectivity index (χ0n) is 29.6. The molecule has 0 aromatic rings. The first-order valence-electron chi connectivity index (χ1n) is 17.4. The number of alkyl halides is 15. The van der Waals surface area contributed by atoms with Crippen LogP contribution in [0.25, 0.3) is 0 Å². The molecule has 0 unspecified atom stereocenters.